The molecule has 2 N–H and O–H groups in total. The smallest absolute Gasteiger partial charge is 0.326 e. The molecule has 0 spiro atoms. The Morgan fingerprint density at radius 3 is 2.79 bits per heavy atom. The second-order valence-corrected chi connectivity index (χ2v) is 8.97. The van der Waals surface area contributed by atoms with Crippen LogP contribution in [0.3, 0.4) is 0 Å². The lowest BCUT2D eigenvalue weighted by atomic mass is 10.1. The number of fused-ring (bicyclic) bond motifs is 3. The summed E-state index contributed by atoms with van der Waals surface area (Å²) < 4.78 is 29.3. The number of aromatic amines is 2. The van der Waals surface area contributed by atoms with Gasteiger partial charge in [0.25, 0.3) is 0 Å². The van der Waals surface area contributed by atoms with E-state index in [-0.39, 0.29) is 23.2 Å². The maximum absolute atomic E-state index is 13.0. The molecule has 9 heteroatoms. The van der Waals surface area contributed by atoms with Crippen molar-refractivity contribution in [2.24, 2.45) is 0 Å². The van der Waals surface area contributed by atoms with Crippen molar-refractivity contribution in [1.82, 2.24) is 23.8 Å². The molecule has 0 bridgehead atoms. The van der Waals surface area contributed by atoms with E-state index in [1.165, 1.54) is 4.31 Å². The average molecular weight is 397 g/mol. The van der Waals surface area contributed by atoms with E-state index in [1.807, 2.05) is 6.07 Å². The van der Waals surface area contributed by atoms with Crippen molar-refractivity contribution in [1.29, 1.82) is 0 Å². The van der Waals surface area contributed by atoms with Crippen LogP contribution >= 0.6 is 0 Å². The van der Waals surface area contributed by atoms with Crippen LogP contribution in [0.15, 0.2) is 58.5 Å². The Morgan fingerprint density at radius 1 is 1.14 bits per heavy atom. The molecule has 4 aromatic rings. The minimum absolute atomic E-state index is 0.241. The van der Waals surface area contributed by atoms with Crippen LogP contribution < -0.4 is 5.69 Å². The minimum Gasteiger partial charge on any atom is -0.346 e. The van der Waals surface area contributed by atoms with Crippen molar-refractivity contribution in [2.45, 2.75) is 23.8 Å². The highest BCUT2D eigenvalue weighted by Gasteiger charge is 2.32. The quantitative estimate of drug-likeness (QED) is 0.553. The lowest BCUT2D eigenvalue weighted by Gasteiger charge is -2.32. The van der Waals surface area contributed by atoms with Crippen LogP contribution in [0.4, 0.5) is 0 Å². The Morgan fingerprint density at radius 2 is 1.96 bits per heavy atom. The van der Waals surface area contributed by atoms with Gasteiger partial charge in [0.2, 0.25) is 10.0 Å². The molecule has 1 aliphatic heterocycles. The third-order valence-electron chi connectivity index (χ3n) is 5.36. The highest BCUT2D eigenvalue weighted by Crippen LogP contribution is 2.30. The first-order valence-electron chi connectivity index (χ1n) is 9.17. The van der Waals surface area contributed by atoms with Gasteiger partial charge in [-0.15, -0.1) is 0 Å². The zero-order valence-electron chi connectivity index (χ0n) is 15.0. The molecule has 1 aliphatic rings. The molecular formula is C19H19N5O3S. The molecular weight excluding hydrogens is 378 g/mol. The van der Waals surface area contributed by atoms with Gasteiger partial charge in [-0.25, -0.2) is 18.2 Å². The SMILES string of the molecule is O=c1[nH]c2cnc3[nH]ccc3c2n1[C@@H]1CCCN(S(=O)(=O)c2ccccc2)C1. The van der Waals surface area contributed by atoms with Crippen LogP contribution in [-0.4, -0.2) is 45.3 Å². The van der Waals surface area contributed by atoms with Gasteiger partial charge >= 0.3 is 5.69 Å². The largest absolute Gasteiger partial charge is 0.346 e. The van der Waals surface area contributed by atoms with Crippen molar-refractivity contribution in [3.63, 3.8) is 0 Å². The van der Waals surface area contributed by atoms with Gasteiger partial charge in [0.1, 0.15) is 5.65 Å². The Labute approximate surface area is 160 Å². The number of sulfonamides is 1. The maximum Gasteiger partial charge on any atom is 0.326 e. The number of piperidine rings is 1. The lowest BCUT2D eigenvalue weighted by Crippen LogP contribution is -2.42. The van der Waals surface area contributed by atoms with Crippen LogP contribution in [0, 0.1) is 0 Å². The molecule has 1 atom stereocenters. The summed E-state index contributed by atoms with van der Waals surface area (Å²) in [5.74, 6) is 0. The molecule has 4 heterocycles. The van der Waals surface area contributed by atoms with E-state index in [9.17, 15) is 13.2 Å². The van der Waals surface area contributed by atoms with Crippen LogP contribution in [0.1, 0.15) is 18.9 Å². The van der Waals surface area contributed by atoms with Gasteiger partial charge < -0.3 is 9.97 Å². The highest BCUT2D eigenvalue weighted by atomic mass is 32.2. The Kier molecular flexibility index (Phi) is 3.88. The topological polar surface area (TPSA) is 104 Å². The molecule has 3 aromatic heterocycles. The van der Waals surface area contributed by atoms with Crippen molar-refractivity contribution in [3.05, 3.63) is 59.3 Å². The molecule has 0 saturated carbocycles. The van der Waals surface area contributed by atoms with Crippen LogP contribution in [0.5, 0.6) is 0 Å². The molecule has 0 radical (unpaired) electrons. The summed E-state index contributed by atoms with van der Waals surface area (Å²) in [6.07, 6.45) is 4.85. The Bertz CT molecular complexity index is 1320. The van der Waals surface area contributed by atoms with E-state index >= 15 is 0 Å². The molecule has 28 heavy (non-hydrogen) atoms. The van der Waals surface area contributed by atoms with Gasteiger partial charge in [-0.1, -0.05) is 18.2 Å². The van der Waals surface area contributed by atoms with E-state index in [0.29, 0.717) is 24.1 Å². The third kappa shape index (κ3) is 2.58. The number of pyridine rings is 1. The van der Waals surface area contributed by atoms with Crippen LogP contribution in [0.2, 0.25) is 0 Å². The molecule has 0 amide bonds. The Balaban J connectivity index is 1.59. The van der Waals surface area contributed by atoms with E-state index in [4.69, 9.17) is 0 Å². The molecule has 8 nitrogen and oxygen atoms in total. The summed E-state index contributed by atoms with van der Waals surface area (Å²) in [4.78, 5) is 23.2. The zero-order valence-corrected chi connectivity index (χ0v) is 15.8. The summed E-state index contributed by atoms with van der Waals surface area (Å²) in [6.45, 7) is 0.713. The molecule has 0 unspecified atom stereocenters. The summed E-state index contributed by atoms with van der Waals surface area (Å²) in [6, 6.07) is 10.1. The van der Waals surface area contributed by atoms with Gasteiger partial charge in [-0.2, -0.15) is 4.31 Å². The summed E-state index contributed by atoms with van der Waals surface area (Å²) in [7, 11) is -3.59. The number of aromatic nitrogens is 4. The monoisotopic (exact) mass is 397 g/mol. The van der Waals surface area contributed by atoms with Gasteiger partial charge in [0.05, 0.1) is 28.2 Å². The first kappa shape index (κ1) is 17.2. The fourth-order valence-corrected chi connectivity index (χ4v) is 5.60. The number of rotatable bonds is 3. The lowest BCUT2D eigenvalue weighted by molar-refractivity contribution is 0.267. The van der Waals surface area contributed by atoms with Crippen molar-refractivity contribution < 1.29 is 8.42 Å². The fraction of sp³-hybridized carbons (Fsp3) is 0.263. The molecule has 5 rings (SSSR count). The highest BCUT2D eigenvalue weighted by molar-refractivity contribution is 7.89. The number of benzene rings is 1. The molecule has 1 saturated heterocycles. The number of nitrogens with one attached hydrogen (secondary N) is 2. The van der Waals surface area contributed by atoms with Crippen LogP contribution in [0.25, 0.3) is 22.1 Å². The average Bonchev–Trinajstić information content (AvgIpc) is 3.32. The summed E-state index contributed by atoms with van der Waals surface area (Å²) >= 11 is 0. The van der Waals surface area contributed by atoms with Gasteiger partial charge in [-0.05, 0) is 31.0 Å². The number of hydrogen-bond acceptors (Lipinski definition) is 4. The standard InChI is InChI=1S/C19H19N5O3S/c25-19-22-16-11-21-18-15(8-9-20-18)17(16)24(19)13-5-4-10-23(12-13)28(26,27)14-6-2-1-3-7-14/h1-3,6-9,11,13H,4-5,10,12H2,(H,20,21)(H,22,25)/t13-/m1/s1. The molecule has 144 valence electrons. The first-order valence-corrected chi connectivity index (χ1v) is 10.6. The summed E-state index contributed by atoms with van der Waals surface area (Å²) in [5.41, 5.74) is 1.87. The molecule has 1 aromatic carbocycles. The third-order valence-corrected chi connectivity index (χ3v) is 7.24. The summed E-state index contributed by atoms with van der Waals surface area (Å²) in [5, 5.41) is 0.846. The molecule has 1 fully saturated rings. The molecule has 0 aliphatic carbocycles. The Hall–Kier alpha value is -2.91. The fourth-order valence-electron chi connectivity index (χ4n) is 4.06. The predicted molar refractivity (Wildman–Crippen MR) is 106 cm³/mol. The van der Waals surface area contributed by atoms with E-state index in [2.05, 4.69) is 15.0 Å². The minimum atomic E-state index is -3.59. The maximum atomic E-state index is 13.0. The van der Waals surface area contributed by atoms with Crippen LogP contribution in [-0.2, 0) is 10.0 Å². The van der Waals surface area contributed by atoms with E-state index < -0.39 is 10.0 Å². The van der Waals surface area contributed by atoms with E-state index in [0.717, 1.165) is 17.3 Å². The first-order chi connectivity index (χ1) is 13.6. The van der Waals surface area contributed by atoms with Crippen molar-refractivity contribution in [2.75, 3.05) is 13.1 Å². The van der Waals surface area contributed by atoms with Gasteiger partial charge in [0, 0.05) is 24.7 Å². The number of imidazole rings is 1. The van der Waals surface area contributed by atoms with E-state index in [1.54, 1.807) is 47.3 Å². The van der Waals surface area contributed by atoms with Crippen molar-refractivity contribution >= 4 is 32.1 Å². The second kappa shape index (κ2) is 6.32. The number of hydrogen-bond donors (Lipinski definition) is 2. The number of nitrogens with zero attached hydrogens (tertiary/aromatic N) is 3. The predicted octanol–water partition coefficient (Wildman–Crippen LogP) is 2.23. The normalized spacial score (nSPS) is 18.8. The van der Waals surface area contributed by atoms with Gasteiger partial charge in [0.15, 0.2) is 0 Å². The van der Waals surface area contributed by atoms with Crippen molar-refractivity contribution in [3.8, 4) is 0 Å². The number of H-pyrrole nitrogens is 2. The zero-order chi connectivity index (χ0) is 19.3. The van der Waals surface area contributed by atoms with Gasteiger partial charge in [-0.3, -0.25) is 4.57 Å². The second-order valence-electron chi connectivity index (χ2n) is 7.03.